The molecule has 0 saturated heterocycles. The molecule has 0 aliphatic heterocycles. The van der Waals surface area contributed by atoms with E-state index in [1.165, 1.54) is 18.2 Å². The van der Waals surface area contributed by atoms with Gasteiger partial charge in [-0.2, -0.15) is 4.57 Å². The summed E-state index contributed by atoms with van der Waals surface area (Å²) in [5, 5.41) is 8.06. The molecule has 0 aliphatic carbocycles. The highest BCUT2D eigenvalue weighted by Crippen LogP contribution is 2.27. The van der Waals surface area contributed by atoms with Gasteiger partial charge < -0.3 is 5.32 Å². The summed E-state index contributed by atoms with van der Waals surface area (Å²) in [5.41, 5.74) is 4.88. The van der Waals surface area contributed by atoms with E-state index in [9.17, 15) is 13.2 Å². The average molecular weight is 631 g/mol. The van der Waals surface area contributed by atoms with Crippen molar-refractivity contribution >= 4 is 37.5 Å². The van der Waals surface area contributed by atoms with Crippen LogP contribution in [0.15, 0.2) is 70.0 Å². The van der Waals surface area contributed by atoms with Crippen LogP contribution in [0.1, 0.15) is 50.9 Å². The van der Waals surface area contributed by atoms with Crippen molar-refractivity contribution < 1.29 is 46.7 Å². The number of primary sulfonamides is 1. The lowest BCUT2D eigenvalue weighted by molar-refractivity contribution is -2.00. The highest BCUT2D eigenvalue weighted by Gasteiger charge is 2.26. The number of hydrogen-bond acceptors (Lipinski definition) is 7. The maximum atomic E-state index is 13.0. The van der Waals surface area contributed by atoms with Crippen molar-refractivity contribution in [2.24, 2.45) is 5.14 Å². The highest BCUT2D eigenvalue weighted by atomic mass is 79.9. The fourth-order valence-electron chi connectivity index (χ4n) is 3.71. The lowest BCUT2D eigenvalue weighted by Gasteiger charge is -2.17. The number of carbonyl (C=O) groups is 1. The molecule has 1 amide bonds. The lowest BCUT2D eigenvalue weighted by atomic mass is 9.97. The van der Waals surface area contributed by atoms with Crippen LogP contribution in [0.3, 0.4) is 0 Å². The number of nitrogens with two attached hydrogens (primary N) is 1. The van der Waals surface area contributed by atoms with E-state index in [4.69, 9.17) is 23.8 Å². The second kappa shape index (κ2) is 13.1. The van der Waals surface area contributed by atoms with Crippen LogP contribution in [0.25, 0.3) is 11.1 Å². The van der Waals surface area contributed by atoms with Crippen LogP contribution < -0.4 is 33.7 Å². The predicted molar refractivity (Wildman–Crippen MR) is 134 cm³/mol. The Hall–Kier alpha value is -2.42. The van der Waals surface area contributed by atoms with Gasteiger partial charge in [-0.25, -0.2) is 32.2 Å². The molecule has 3 rings (SSSR count). The van der Waals surface area contributed by atoms with E-state index >= 15 is 0 Å². The zero-order chi connectivity index (χ0) is 28.8. The van der Waals surface area contributed by atoms with Crippen molar-refractivity contribution in [2.75, 3.05) is 5.32 Å². The van der Waals surface area contributed by atoms with Crippen molar-refractivity contribution in [1.82, 2.24) is 0 Å². The summed E-state index contributed by atoms with van der Waals surface area (Å²) in [7, 11) is -8.77. The van der Waals surface area contributed by atoms with E-state index in [0.717, 1.165) is 22.5 Å². The van der Waals surface area contributed by atoms with Gasteiger partial charge in [-0.15, -0.1) is 10.2 Å². The molecule has 10 nitrogen and oxygen atoms in total. The molecule has 13 heteroatoms. The molecule has 206 valence electrons. The molecule has 38 heavy (non-hydrogen) atoms. The summed E-state index contributed by atoms with van der Waals surface area (Å²) in [6, 6.07) is 18.8. The molecule has 1 aromatic heterocycles. The summed E-state index contributed by atoms with van der Waals surface area (Å²) >= 11 is 3.32. The van der Waals surface area contributed by atoms with Gasteiger partial charge in [0, 0.05) is 28.4 Å². The molecule has 1 heterocycles. The second-order valence-corrected chi connectivity index (χ2v) is 12.1. The number of nitrogens with zero attached hydrogens (tertiary/aromatic N) is 1. The van der Waals surface area contributed by atoms with Crippen LogP contribution in [0.4, 0.5) is 5.69 Å². The Morgan fingerprint density at radius 1 is 0.921 bits per heavy atom. The first kappa shape index (κ1) is 31.8. The third kappa shape index (κ3) is 9.71. The van der Waals surface area contributed by atoms with Crippen molar-refractivity contribution in [2.45, 2.75) is 51.0 Å². The normalized spacial score (nSPS) is 11.8. The predicted octanol–water partition coefficient (Wildman–Crippen LogP) is 0.181. The molecule has 3 aromatic rings. The zero-order valence-corrected chi connectivity index (χ0v) is 24.3. The van der Waals surface area contributed by atoms with E-state index in [2.05, 4.69) is 77.8 Å². The fourth-order valence-corrected chi connectivity index (χ4v) is 4.88. The van der Waals surface area contributed by atoms with Gasteiger partial charge >= 0.3 is 0 Å². The van der Waals surface area contributed by atoms with Gasteiger partial charge in [-0.05, 0) is 45.3 Å². The molecule has 2 aromatic carbocycles. The Balaban J connectivity index is 0.000000926. The number of nitrogens with one attached hydrogen (secondary N) is 1. The molecule has 0 fully saturated rings. The number of rotatable bonds is 7. The van der Waals surface area contributed by atoms with Crippen molar-refractivity contribution in [3.63, 3.8) is 0 Å². The van der Waals surface area contributed by atoms with Crippen LogP contribution in [-0.2, 0) is 21.4 Å². The molecule has 0 saturated carbocycles. The summed E-state index contributed by atoms with van der Waals surface area (Å²) in [4.78, 5) is 13.0. The first-order valence-corrected chi connectivity index (χ1v) is 14.9. The molecule has 0 radical (unpaired) electrons. The van der Waals surface area contributed by atoms with Crippen LogP contribution >= 0.6 is 15.9 Å². The summed E-state index contributed by atoms with van der Waals surface area (Å²) in [6.45, 7) is 8.60. The Labute approximate surface area is 232 Å². The quantitative estimate of drug-likeness (QED) is 0.349. The SMILES string of the molecule is CC(C)c1cc(-c2ccccc2)cc(C(C)C)[n+]1CC(=O)Nc1ccc(S(N)(=O)=O)cc1Br.[O-][Cl+3]([O-])([O-])[O-]. The van der Waals surface area contributed by atoms with Crippen LogP contribution in [-0.4, -0.2) is 14.3 Å². The van der Waals surface area contributed by atoms with E-state index in [0.29, 0.717) is 10.2 Å². The Kier molecular flexibility index (Phi) is 11.0. The zero-order valence-electron chi connectivity index (χ0n) is 21.2. The number of sulfonamides is 1. The number of amides is 1. The van der Waals surface area contributed by atoms with Crippen LogP contribution in [0, 0.1) is 10.2 Å². The van der Waals surface area contributed by atoms with E-state index in [1.54, 1.807) is 0 Å². The number of aromatic nitrogens is 1. The third-order valence-corrected chi connectivity index (χ3v) is 6.93. The number of hydrogen-bond donors (Lipinski definition) is 2. The van der Waals surface area contributed by atoms with Gasteiger partial charge in [0.2, 0.25) is 16.6 Å². The monoisotopic (exact) mass is 629 g/mol. The second-order valence-electron chi connectivity index (χ2n) is 8.97. The fraction of sp³-hybridized carbons (Fsp3) is 0.280. The molecule has 0 bridgehead atoms. The highest BCUT2D eigenvalue weighted by molar-refractivity contribution is 9.10. The summed E-state index contributed by atoms with van der Waals surface area (Å²) < 4.78 is 59.6. The number of anilines is 1. The number of carbonyl (C=O) groups excluding carboxylic acids is 1. The van der Waals surface area contributed by atoms with E-state index in [1.807, 2.05) is 18.2 Å². The van der Waals surface area contributed by atoms with E-state index in [-0.39, 0.29) is 29.2 Å². The van der Waals surface area contributed by atoms with Gasteiger partial charge in [-0.1, -0.05) is 58.0 Å². The molecule has 0 spiro atoms. The maximum Gasteiger partial charge on any atom is 0.290 e. The molecule has 0 aliphatic rings. The van der Waals surface area contributed by atoms with Gasteiger partial charge in [0.25, 0.3) is 5.91 Å². The summed E-state index contributed by atoms with van der Waals surface area (Å²) in [5.74, 6) is 0.208. The van der Waals surface area contributed by atoms with E-state index < -0.39 is 20.3 Å². The van der Waals surface area contributed by atoms with Crippen LogP contribution in [0.2, 0.25) is 0 Å². The number of benzene rings is 2. The number of halogens is 2. The standard InChI is InChI=1S/C25H28BrN3O3S.ClHO4/c1-16(2)23-12-19(18-8-6-5-7-9-18)13-24(17(3)4)29(23)15-25(30)28-22-11-10-20(14-21(22)26)33(27,31)32;2-1(3,4)5/h5-14,16-17H,15H2,1-4H3,(H2-,27,28,30,31,32);(H,2,3,4,5). The first-order chi connectivity index (χ1) is 17.5. The van der Waals surface area contributed by atoms with Crippen molar-refractivity contribution in [3.05, 3.63) is 76.5 Å². The Morgan fingerprint density at radius 3 is 1.84 bits per heavy atom. The number of pyridine rings is 1. The van der Waals surface area contributed by atoms with Gasteiger partial charge in [0.15, 0.2) is 11.4 Å². The van der Waals surface area contributed by atoms with Gasteiger partial charge in [0.05, 0.1) is 10.6 Å². The topological polar surface area (TPSA) is 185 Å². The maximum absolute atomic E-state index is 13.0. The molecular formula is C25H29BrClN3O7S. The van der Waals surface area contributed by atoms with Gasteiger partial charge in [-0.3, -0.25) is 4.79 Å². The molecule has 0 atom stereocenters. The average Bonchev–Trinajstić information content (AvgIpc) is 2.79. The largest absolute Gasteiger partial charge is 0.320 e. The minimum absolute atomic E-state index is 0.0255. The lowest BCUT2D eigenvalue weighted by Crippen LogP contribution is -2.68. The third-order valence-electron chi connectivity index (χ3n) is 5.37. The minimum atomic E-state index is -4.94. The Morgan fingerprint density at radius 2 is 1.42 bits per heavy atom. The molecule has 0 unspecified atom stereocenters. The van der Waals surface area contributed by atoms with Crippen molar-refractivity contribution in [1.29, 1.82) is 0 Å². The first-order valence-electron chi connectivity index (χ1n) is 11.3. The molecular weight excluding hydrogens is 602 g/mol. The molecule has 3 N–H and O–H groups in total. The minimum Gasteiger partial charge on any atom is -0.320 e. The summed E-state index contributed by atoms with van der Waals surface area (Å²) in [6.07, 6.45) is 0. The Bertz CT molecular complexity index is 1340. The van der Waals surface area contributed by atoms with Gasteiger partial charge in [0.1, 0.15) is 0 Å². The van der Waals surface area contributed by atoms with Crippen molar-refractivity contribution in [3.8, 4) is 11.1 Å². The smallest absolute Gasteiger partial charge is 0.290 e. The van der Waals surface area contributed by atoms with Crippen LogP contribution in [0.5, 0.6) is 0 Å².